The highest BCUT2D eigenvalue weighted by molar-refractivity contribution is 5.30. The van der Waals surface area contributed by atoms with E-state index in [1.54, 1.807) is 7.11 Å². The summed E-state index contributed by atoms with van der Waals surface area (Å²) < 4.78 is 11.3. The summed E-state index contributed by atoms with van der Waals surface area (Å²) in [5.41, 5.74) is 1.31. The van der Waals surface area contributed by atoms with Crippen molar-refractivity contribution in [2.45, 2.75) is 53.2 Å². The minimum absolute atomic E-state index is 0.0682. The fourth-order valence-corrected chi connectivity index (χ4v) is 2.63. The Labute approximate surface area is 130 Å². The second-order valence-electron chi connectivity index (χ2n) is 6.46. The minimum Gasteiger partial charge on any atom is -0.494 e. The van der Waals surface area contributed by atoms with Crippen LogP contribution >= 0.6 is 0 Å². The van der Waals surface area contributed by atoms with Crippen LogP contribution in [0.15, 0.2) is 24.3 Å². The lowest BCUT2D eigenvalue weighted by Gasteiger charge is -2.37. The van der Waals surface area contributed by atoms with Gasteiger partial charge in [0.2, 0.25) is 0 Å². The normalized spacial score (nSPS) is 14.8. The summed E-state index contributed by atoms with van der Waals surface area (Å²) in [7, 11) is 1.80. The van der Waals surface area contributed by atoms with E-state index in [1.807, 2.05) is 19.1 Å². The van der Waals surface area contributed by atoms with E-state index in [0.29, 0.717) is 6.61 Å². The summed E-state index contributed by atoms with van der Waals surface area (Å²) in [5.74, 6) is 0.917. The summed E-state index contributed by atoms with van der Waals surface area (Å²) in [6, 6.07) is 8.53. The van der Waals surface area contributed by atoms with Crippen LogP contribution in [0.2, 0.25) is 0 Å². The molecule has 2 atom stereocenters. The third-order valence-electron chi connectivity index (χ3n) is 3.57. The smallest absolute Gasteiger partial charge is 0.119 e. The van der Waals surface area contributed by atoms with Gasteiger partial charge >= 0.3 is 0 Å². The fraction of sp³-hybridized carbons (Fsp3) is 0.667. The molecule has 0 aromatic heterocycles. The van der Waals surface area contributed by atoms with Crippen LogP contribution in [0, 0.1) is 5.41 Å². The van der Waals surface area contributed by atoms with E-state index < -0.39 is 0 Å². The first-order valence-electron chi connectivity index (χ1n) is 7.93. The van der Waals surface area contributed by atoms with E-state index in [1.165, 1.54) is 5.56 Å². The number of hydrogen-bond donors (Lipinski definition) is 1. The molecule has 0 amide bonds. The highest BCUT2D eigenvalue weighted by Gasteiger charge is 2.33. The predicted molar refractivity (Wildman–Crippen MR) is 88.9 cm³/mol. The third-order valence-corrected chi connectivity index (χ3v) is 3.57. The zero-order valence-corrected chi connectivity index (χ0v) is 14.4. The summed E-state index contributed by atoms with van der Waals surface area (Å²) in [4.78, 5) is 0. The lowest BCUT2D eigenvalue weighted by molar-refractivity contribution is -0.0119. The van der Waals surface area contributed by atoms with Crippen molar-refractivity contribution in [3.63, 3.8) is 0 Å². The van der Waals surface area contributed by atoms with Crippen molar-refractivity contribution in [1.82, 2.24) is 5.32 Å². The maximum Gasteiger partial charge on any atom is 0.119 e. The first-order chi connectivity index (χ1) is 9.93. The predicted octanol–water partition coefficient (Wildman–Crippen LogP) is 4.19. The summed E-state index contributed by atoms with van der Waals surface area (Å²) >= 11 is 0. The molecule has 0 heterocycles. The lowest BCUT2D eigenvalue weighted by atomic mass is 9.82. The Morgan fingerprint density at radius 3 is 2.14 bits per heavy atom. The standard InChI is InChI=1S/C18H31NO2/c1-7-13-19-16(17(20-6)18(3,4)5)14-9-11-15(12-10-14)21-8-2/h9-12,16-17,19H,7-8,13H2,1-6H3. The van der Waals surface area contributed by atoms with E-state index >= 15 is 0 Å². The van der Waals surface area contributed by atoms with Crippen LogP contribution in [0.25, 0.3) is 0 Å². The van der Waals surface area contributed by atoms with E-state index in [-0.39, 0.29) is 17.6 Å². The molecular weight excluding hydrogens is 262 g/mol. The molecule has 120 valence electrons. The molecule has 0 saturated carbocycles. The molecule has 1 aromatic rings. The Morgan fingerprint density at radius 1 is 1.10 bits per heavy atom. The molecule has 0 aliphatic rings. The van der Waals surface area contributed by atoms with Gasteiger partial charge in [0.05, 0.1) is 18.8 Å². The van der Waals surface area contributed by atoms with Crippen LogP contribution in [0.4, 0.5) is 0 Å². The Bertz CT molecular complexity index is 395. The van der Waals surface area contributed by atoms with E-state index in [2.05, 4.69) is 45.1 Å². The third kappa shape index (κ3) is 5.33. The van der Waals surface area contributed by atoms with Crippen LogP contribution < -0.4 is 10.1 Å². The van der Waals surface area contributed by atoms with Gasteiger partial charge in [-0.3, -0.25) is 0 Å². The highest BCUT2D eigenvalue weighted by atomic mass is 16.5. The molecule has 0 spiro atoms. The molecule has 2 unspecified atom stereocenters. The van der Waals surface area contributed by atoms with Gasteiger partial charge < -0.3 is 14.8 Å². The number of methoxy groups -OCH3 is 1. The fourth-order valence-electron chi connectivity index (χ4n) is 2.63. The number of nitrogens with one attached hydrogen (secondary N) is 1. The highest BCUT2D eigenvalue weighted by Crippen LogP contribution is 2.33. The maximum atomic E-state index is 5.81. The van der Waals surface area contributed by atoms with Crippen molar-refractivity contribution >= 4 is 0 Å². The number of rotatable bonds is 8. The van der Waals surface area contributed by atoms with Gasteiger partial charge in [0, 0.05) is 7.11 Å². The Balaban J connectivity index is 3.00. The molecule has 0 bridgehead atoms. The summed E-state index contributed by atoms with van der Waals surface area (Å²) in [6.45, 7) is 12.5. The van der Waals surface area contributed by atoms with Gasteiger partial charge in [-0.2, -0.15) is 0 Å². The average Bonchev–Trinajstić information content (AvgIpc) is 2.43. The van der Waals surface area contributed by atoms with Gasteiger partial charge in [-0.05, 0) is 43.0 Å². The van der Waals surface area contributed by atoms with Crippen molar-refractivity contribution < 1.29 is 9.47 Å². The molecular formula is C18H31NO2. The van der Waals surface area contributed by atoms with Crippen molar-refractivity contribution in [2.75, 3.05) is 20.3 Å². The lowest BCUT2D eigenvalue weighted by Crippen LogP contribution is -2.41. The molecule has 0 aliphatic heterocycles. The van der Waals surface area contributed by atoms with Crippen LogP contribution in [0.3, 0.4) is 0 Å². The SMILES string of the molecule is CCCNC(c1ccc(OCC)cc1)C(OC)C(C)(C)C. The monoisotopic (exact) mass is 293 g/mol. The average molecular weight is 293 g/mol. The quantitative estimate of drug-likeness (QED) is 0.779. The molecule has 1 N–H and O–H groups in total. The largest absolute Gasteiger partial charge is 0.494 e. The van der Waals surface area contributed by atoms with Crippen LogP contribution in [-0.4, -0.2) is 26.4 Å². The molecule has 3 nitrogen and oxygen atoms in total. The molecule has 1 rings (SSSR count). The van der Waals surface area contributed by atoms with Gasteiger partial charge in [-0.25, -0.2) is 0 Å². The van der Waals surface area contributed by atoms with Crippen LogP contribution in [0.1, 0.15) is 52.6 Å². The molecule has 21 heavy (non-hydrogen) atoms. The Morgan fingerprint density at radius 2 is 1.71 bits per heavy atom. The van der Waals surface area contributed by atoms with Crippen molar-refractivity contribution in [3.8, 4) is 5.75 Å². The zero-order chi connectivity index (χ0) is 15.9. The Kier molecular flexibility index (Phi) is 7.20. The van der Waals surface area contributed by atoms with Crippen LogP contribution in [0.5, 0.6) is 5.75 Å². The van der Waals surface area contributed by atoms with Crippen LogP contribution in [-0.2, 0) is 4.74 Å². The first-order valence-corrected chi connectivity index (χ1v) is 7.93. The maximum absolute atomic E-state index is 5.81. The minimum atomic E-state index is 0.0682. The molecule has 0 radical (unpaired) electrons. The molecule has 0 saturated heterocycles. The van der Waals surface area contributed by atoms with Crippen molar-refractivity contribution in [3.05, 3.63) is 29.8 Å². The van der Waals surface area contributed by atoms with E-state index in [0.717, 1.165) is 18.7 Å². The number of benzene rings is 1. The topological polar surface area (TPSA) is 30.5 Å². The summed E-state index contributed by atoms with van der Waals surface area (Å²) in [5, 5.41) is 3.63. The van der Waals surface area contributed by atoms with Gasteiger partial charge in [0.15, 0.2) is 0 Å². The van der Waals surface area contributed by atoms with E-state index in [4.69, 9.17) is 9.47 Å². The second kappa shape index (κ2) is 8.40. The molecule has 0 aliphatic carbocycles. The molecule has 0 fully saturated rings. The molecule has 1 aromatic carbocycles. The van der Waals surface area contributed by atoms with Gasteiger partial charge in [-0.15, -0.1) is 0 Å². The van der Waals surface area contributed by atoms with Gasteiger partial charge in [-0.1, -0.05) is 39.8 Å². The van der Waals surface area contributed by atoms with Gasteiger partial charge in [0.1, 0.15) is 5.75 Å². The number of hydrogen-bond acceptors (Lipinski definition) is 3. The Hall–Kier alpha value is -1.06. The van der Waals surface area contributed by atoms with Crippen molar-refractivity contribution in [1.29, 1.82) is 0 Å². The van der Waals surface area contributed by atoms with E-state index in [9.17, 15) is 0 Å². The molecule has 3 heteroatoms. The number of ether oxygens (including phenoxy) is 2. The van der Waals surface area contributed by atoms with Gasteiger partial charge in [0.25, 0.3) is 0 Å². The first kappa shape index (κ1) is 18.0. The van der Waals surface area contributed by atoms with Crippen molar-refractivity contribution in [2.24, 2.45) is 5.41 Å². The second-order valence-corrected chi connectivity index (χ2v) is 6.46. The summed E-state index contributed by atoms with van der Waals surface area (Å²) in [6.07, 6.45) is 1.22. The zero-order valence-electron chi connectivity index (χ0n) is 14.4.